The van der Waals surface area contributed by atoms with Crippen molar-refractivity contribution in [1.29, 1.82) is 0 Å². The molecule has 1 N–H and O–H groups in total. The van der Waals surface area contributed by atoms with Crippen LogP contribution in [-0.2, 0) is 14.3 Å². The molecule has 1 saturated heterocycles. The number of methoxy groups -OCH3 is 1. The first-order valence-electron chi connectivity index (χ1n) is 7.28. The molecule has 1 aliphatic heterocycles. The van der Waals surface area contributed by atoms with Crippen LogP contribution in [0, 0.1) is 5.92 Å². The maximum Gasteiger partial charge on any atom is 0.407 e. The smallest absolute Gasteiger partial charge is 0.407 e. The van der Waals surface area contributed by atoms with Gasteiger partial charge in [-0.15, -0.1) is 0 Å². The standard InChI is InChI=1S/C14H23NO5/c1-19-13(16)8-10-2-4-11(5-3-10)20-12-6-7-15(9-12)14(17)18/h10-12H,2-9H2,1H3,(H,17,18)/t10?,11?,12-/m0/s1. The Morgan fingerprint density at radius 3 is 2.40 bits per heavy atom. The van der Waals surface area contributed by atoms with Gasteiger partial charge in [0.05, 0.1) is 25.9 Å². The van der Waals surface area contributed by atoms with E-state index in [2.05, 4.69) is 0 Å². The Morgan fingerprint density at radius 1 is 1.15 bits per heavy atom. The Kier molecular flexibility index (Phi) is 5.23. The second kappa shape index (κ2) is 6.92. The third-order valence-electron chi connectivity index (χ3n) is 4.28. The molecule has 0 bridgehead atoms. The largest absolute Gasteiger partial charge is 0.469 e. The molecule has 1 atom stereocenters. The molecular formula is C14H23NO5. The summed E-state index contributed by atoms with van der Waals surface area (Å²) < 4.78 is 10.7. The molecule has 6 nitrogen and oxygen atoms in total. The van der Waals surface area contributed by atoms with Crippen molar-refractivity contribution in [3.63, 3.8) is 0 Å². The summed E-state index contributed by atoms with van der Waals surface area (Å²) in [5.74, 6) is 0.267. The molecule has 0 radical (unpaired) electrons. The molecule has 20 heavy (non-hydrogen) atoms. The van der Waals surface area contributed by atoms with E-state index in [0.717, 1.165) is 32.1 Å². The van der Waals surface area contributed by atoms with E-state index >= 15 is 0 Å². The van der Waals surface area contributed by atoms with Crippen molar-refractivity contribution >= 4 is 12.1 Å². The van der Waals surface area contributed by atoms with Crippen molar-refractivity contribution in [1.82, 2.24) is 4.90 Å². The fourth-order valence-electron chi connectivity index (χ4n) is 3.08. The Hall–Kier alpha value is -1.30. The number of carbonyl (C=O) groups is 2. The van der Waals surface area contributed by atoms with Crippen molar-refractivity contribution in [2.24, 2.45) is 5.92 Å². The maximum absolute atomic E-state index is 11.2. The molecule has 1 saturated carbocycles. The predicted molar refractivity (Wildman–Crippen MR) is 71.5 cm³/mol. The maximum atomic E-state index is 11.2. The summed E-state index contributed by atoms with van der Waals surface area (Å²) in [5.41, 5.74) is 0. The minimum atomic E-state index is -0.863. The number of carboxylic acid groups (broad SMARTS) is 1. The zero-order chi connectivity index (χ0) is 14.5. The molecule has 1 heterocycles. The van der Waals surface area contributed by atoms with Crippen molar-refractivity contribution in [3.05, 3.63) is 0 Å². The topological polar surface area (TPSA) is 76.1 Å². The molecule has 0 spiro atoms. The first kappa shape index (κ1) is 15.1. The van der Waals surface area contributed by atoms with E-state index in [1.807, 2.05) is 0 Å². The van der Waals surface area contributed by atoms with Gasteiger partial charge in [0.15, 0.2) is 0 Å². The Balaban J connectivity index is 1.67. The summed E-state index contributed by atoms with van der Waals surface area (Å²) in [7, 11) is 1.42. The molecule has 2 rings (SSSR count). The van der Waals surface area contributed by atoms with Gasteiger partial charge in [0.25, 0.3) is 0 Å². The van der Waals surface area contributed by atoms with Gasteiger partial charge in [0, 0.05) is 13.0 Å². The molecule has 0 aromatic rings. The van der Waals surface area contributed by atoms with Crippen LogP contribution in [0.4, 0.5) is 4.79 Å². The van der Waals surface area contributed by atoms with E-state index in [0.29, 0.717) is 25.4 Å². The lowest BCUT2D eigenvalue weighted by atomic mass is 9.85. The van der Waals surface area contributed by atoms with Crippen LogP contribution in [0.3, 0.4) is 0 Å². The zero-order valence-corrected chi connectivity index (χ0v) is 11.9. The average Bonchev–Trinajstić information content (AvgIpc) is 2.89. The van der Waals surface area contributed by atoms with E-state index in [1.54, 1.807) is 0 Å². The number of likely N-dealkylation sites (tertiary alicyclic amines) is 1. The van der Waals surface area contributed by atoms with Gasteiger partial charge in [-0.25, -0.2) is 4.79 Å². The monoisotopic (exact) mass is 285 g/mol. The van der Waals surface area contributed by atoms with Gasteiger partial charge in [-0.3, -0.25) is 4.79 Å². The fourth-order valence-corrected chi connectivity index (χ4v) is 3.08. The van der Waals surface area contributed by atoms with Crippen LogP contribution < -0.4 is 0 Å². The van der Waals surface area contributed by atoms with Gasteiger partial charge >= 0.3 is 12.1 Å². The van der Waals surface area contributed by atoms with Crippen molar-refractivity contribution in [3.8, 4) is 0 Å². The molecule has 2 fully saturated rings. The van der Waals surface area contributed by atoms with E-state index in [-0.39, 0.29) is 18.2 Å². The van der Waals surface area contributed by atoms with Crippen LogP contribution in [0.2, 0.25) is 0 Å². The van der Waals surface area contributed by atoms with Gasteiger partial charge in [-0.1, -0.05) is 0 Å². The molecule has 0 aromatic carbocycles. The van der Waals surface area contributed by atoms with Crippen LogP contribution in [-0.4, -0.2) is 54.5 Å². The fraction of sp³-hybridized carbons (Fsp3) is 0.857. The summed E-state index contributed by atoms with van der Waals surface area (Å²) in [6.45, 7) is 1.05. The molecule has 2 aliphatic rings. The molecule has 114 valence electrons. The highest BCUT2D eigenvalue weighted by molar-refractivity contribution is 5.69. The summed E-state index contributed by atoms with van der Waals surface area (Å²) in [5, 5.41) is 8.91. The van der Waals surface area contributed by atoms with Gasteiger partial charge in [-0.2, -0.15) is 0 Å². The molecular weight excluding hydrogens is 262 g/mol. The summed E-state index contributed by atoms with van der Waals surface area (Å²) in [4.78, 5) is 23.5. The van der Waals surface area contributed by atoms with Gasteiger partial charge in [0.1, 0.15) is 0 Å². The number of nitrogens with zero attached hydrogens (tertiary/aromatic N) is 1. The lowest BCUT2D eigenvalue weighted by Crippen LogP contribution is -2.31. The SMILES string of the molecule is COC(=O)CC1CCC(O[C@H]2CCN(C(=O)O)C2)CC1. The molecule has 1 amide bonds. The number of amides is 1. The number of hydrogen-bond acceptors (Lipinski definition) is 4. The minimum Gasteiger partial charge on any atom is -0.469 e. The van der Waals surface area contributed by atoms with Crippen LogP contribution in [0.25, 0.3) is 0 Å². The van der Waals surface area contributed by atoms with Crippen molar-refractivity contribution < 1.29 is 24.2 Å². The van der Waals surface area contributed by atoms with Crippen molar-refractivity contribution in [2.45, 2.75) is 50.7 Å². The Bertz CT molecular complexity index is 351. The Morgan fingerprint density at radius 2 is 1.85 bits per heavy atom. The number of hydrogen-bond donors (Lipinski definition) is 1. The first-order chi connectivity index (χ1) is 9.58. The number of rotatable bonds is 4. The third-order valence-corrected chi connectivity index (χ3v) is 4.28. The number of ether oxygens (including phenoxy) is 2. The highest BCUT2D eigenvalue weighted by atomic mass is 16.5. The number of carbonyl (C=O) groups excluding carboxylic acids is 1. The van der Waals surface area contributed by atoms with Crippen LogP contribution in [0.5, 0.6) is 0 Å². The molecule has 0 aromatic heterocycles. The average molecular weight is 285 g/mol. The van der Waals surface area contributed by atoms with E-state index in [4.69, 9.17) is 14.6 Å². The van der Waals surface area contributed by atoms with Crippen LogP contribution >= 0.6 is 0 Å². The third kappa shape index (κ3) is 4.10. The van der Waals surface area contributed by atoms with Gasteiger partial charge in [0.2, 0.25) is 0 Å². The molecule has 0 unspecified atom stereocenters. The lowest BCUT2D eigenvalue weighted by molar-refractivity contribution is -0.142. The zero-order valence-electron chi connectivity index (χ0n) is 11.9. The quantitative estimate of drug-likeness (QED) is 0.798. The summed E-state index contributed by atoms with van der Waals surface area (Å²) in [6, 6.07) is 0. The summed E-state index contributed by atoms with van der Waals surface area (Å²) in [6.07, 6.45) is 4.53. The normalized spacial score (nSPS) is 30.2. The first-order valence-corrected chi connectivity index (χ1v) is 7.28. The highest BCUT2D eigenvalue weighted by Gasteiger charge is 2.30. The number of esters is 1. The molecule has 1 aliphatic carbocycles. The van der Waals surface area contributed by atoms with Crippen molar-refractivity contribution in [2.75, 3.05) is 20.2 Å². The highest BCUT2D eigenvalue weighted by Crippen LogP contribution is 2.30. The van der Waals surface area contributed by atoms with Gasteiger partial charge in [-0.05, 0) is 38.0 Å². The van der Waals surface area contributed by atoms with Crippen LogP contribution in [0.15, 0.2) is 0 Å². The van der Waals surface area contributed by atoms with E-state index in [1.165, 1.54) is 12.0 Å². The summed E-state index contributed by atoms with van der Waals surface area (Å²) >= 11 is 0. The minimum absolute atomic E-state index is 0.0354. The van der Waals surface area contributed by atoms with E-state index in [9.17, 15) is 9.59 Å². The predicted octanol–water partition coefficient (Wildman–Crippen LogP) is 1.88. The van der Waals surface area contributed by atoms with Gasteiger partial charge < -0.3 is 19.5 Å². The lowest BCUT2D eigenvalue weighted by Gasteiger charge is -2.29. The van der Waals surface area contributed by atoms with Crippen LogP contribution in [0.1, 0.15) is 38.5 Å². The second-order valence-electron chi connectivity index (χ2n) is 5.70. The molecule has 6 heteroatoms. The van der Waals surface area contributed by atoms with E-state index < -0.39 is 6.09 Å². The second-order valence-corrected chi connectivity index (χ2v) is 5.70. The Labute approximate surface area is 119 Å².